The molecule has 128 valence electrons. The van der Waals surface area contributed by atoms with Crippen LogP contribution in [0.3, 0.4) is 0 Å². The van der Waals surface area contributed by atoms with Crippen LogP contribution in [-0.2, 0) is 4.74 Å². The summed E-state index contributed by atoms with van der Waals surface area (Å²) in [6, 6.07) is 3.30. The molecule has 1 aliphatic rings. The molecule has 0 saturated carbocycles. The summed E-state index contributed by atoms with van der Waals surface area (Å²) >= 11 is 5.23. The predicted octanol–water partition coefficient (Wildman–Crippen LogP) is 2.40. The first kappa shape index (κ1) is 16.5. The number of phenolic OH excluding ortho intramolecular Hbond substituents is 1. The lowest BCUT2D eigenvalue weighted by molar-refractivity contribution is 0.102. The number of hydrogen-bond donors (Lipinski definition) is 2. The number of ether oxygens (including phenoxy) is 3. The quantitative estimate of drug-likeness (QED) is 0.635. The molecule has 9 heteroatoms. The van der Waals surface area contributed by atoms with Crippen molar-refractivity contribution in [2.24, 2.45) is 5.10 Å². The van der Waals surface area contributed by atoms with Crippen molar-refractivity contribution in [3.63, 3.8) is 0 Å². The van der Waals surface area contributed by atoms with Crippen LogP contribution < -0.4 is 9.47 Å². The summed E-state index contributed by atoms with van der Waals surface area (Å²) in [4.78, 5) is 0. The number of nitrogens with zero attached hydrogens (tertiary/aromatic N) is 3. The molecular formula is C15H18N4O4S. The molecule has 1 unspecified atom stereocenters. The molecule has 1 aromatic carbocycles. The van der Waals surface area contributed by atoms with E-state index in [0.29, 0.717) is 34.3 Å². The molecule has 8 nitrogen and oxygen atoms in total. The molecule has 2 heterocycles. The van der Waals surface area contributed by atoms with Crippen molar-refractivity contribution in [1.29, 1.82) is 0 Å². The van der Waals surface area contributed by atoms with Gasteiger partial charge in [-0.15, -0.1) is 0 Å². The second kappa shape index (κ2) is 7.02. The van der Waals surface area contributed by atoms with E-state index in [9.17, 15) is 5.11 Å². The third-order valence-corrected chi connectivity index (χ3v) is 3.98. The second-order valence-electron chi connectivity index (χ2n) is 5.22. The Morgan fingerprint density at radius 1 is 1.42 bits per heavy atom. The highest BCUT2D eigenvalue weighted by Gasteiger charge is 2.23. The van der Waals surface area contributed by atoms with E-state index in [2.05, 4.69) is 15.3 Å². The Labute approximate surface area is 143 Å². The van der Waals surface area contributed by atoms with Gasteiger partial charge in [0.2, 0.25) is 10.5 Å². The molecule has 1 fully saturated rings. The molecule has 1 aliphatic heterocycles. The topological polar surface area (TPSA) is 93.9 Å². The van der Waals surface area contributed by atoms with Gasteiger partial charge in [0.15, 0.2) is 17.3 Å². The number of nitrogens with one attached hydrogen (secondary N) is 1. The number of H-pyrrole nitrogens is 1. The Balaban J connectivity index is 1.94. The van der Waals surface area contributed by atoms with Crippen molar-refractivity contribution >= 4 is 18.4 Å². The van der Waals surface area contributed by atoms with Crippen molar-refractivity contribution < 1.29 is 19.3 Å². The van der Waals surface area contributed by atoms with Gasteiger partial charge < -0.3 is 19.3 Å². The average Bonchev–Trinajstić information content (AvgIpc) is 3.23. The molecule has 0 bridgehead atoms. The molecule has 0 aliphatic carbocycles. The van der Waals surface area contributed by atoms with E-state index in [1.807, 2.05) is 0 Å². The molecular weight excluding hydrogens is 332 g/mol. The maximum absolute atomic E-state index is 9.95. The van der Waals surface area contributed by atoms with Crippen LogP contribution in [-0.4, -0.2) is 47.0 Å². The number of methoxy groups -OCH3 is 2. The van der Waals surface area contributed by atoms with Crippen molar-refractivity contribution in [3.05, 3.63) is 28.3 Å². The largest absolute Gasteiger partial charge is 0.502 e. The van der Waals surface area contributed by atoms with E-state index >= 15 is 0 Å². The van der Waals surface area contributed by atoms with E-state index in [4.69, 9.17) is 26.4 Å². The zero-order valence-corrected chi connectivity index (χ0v) is 14.2. The first-order valence-corrected chi connectivity index (χ1v) is 7.83. The summed E-state index contributed by atoms with van der Waals surface area (Å²) in [5.41, 5.74) is 0.683. The molecule has 24 heavy (non-hydrogen) atoms. The van der Waals surface area contributed by atoms with Crippen LogP contribution in [0.1, 0.15) is 30.3 Å². The highest BCUT2D eigenvalue weighted by Crippen LogP contribution is 2.36. The summed E-state index contributed by atoms with van der Waals surface area (Å²) in [6.07, 6.45) is 3.35. The molecule has 0 amide bonds. The Kier molecular flexibility index (Phi) is 4.81. The normalized spacial score (nSPS) is 17.5. The number of aromatic nitrogens is 3. The third kappa shape index (κ3) is 3.13. The van der Waals surface area contributed by atoms with Gasteiger partial charge in [-0.1, -0.05) is 0 Å². The summed E-state index contributed by atoms with van der Waals surface area (Å²) in [7, 11) is 2.94. The number of phenols is 1. The number of hydrogen-bond acceptors (Lipinski definition) is 7. The van der Waals surface area contributed by atoms with E-state index in [-0.39, 0.29) is 11.9 Å². The molecule has 1 atom stereocenters. The van der Waals surface area contributed by atoms with Crippen LogP contribution in [0.5, 0.6) is 17.2 Å². The van der Waals surface area contributed by atoms with Gasteiger partial charge in [0, 0.05) is 12.2 Å². The van der Waals surface area contributed by atoms with Gasteiger partial charge in [0.05, 0.1) is 20.4 Å². The van der Waals surface area contributed by atoms with Gasteiger partial charge in [0.1, 0.15) is 6.10 Å². The molecule has 1 aromatic heterocycles. The molecule has 2 N–H and O–H groups in total. The summed E-state index contributed by atoms with van der Waals surface area (Å²) in [5.74, 6) is 1.18. The van der Waals surface area contributed by atoms with Gasteiger partial charge in [-0.25, -0.2) is 0 Å². The van der Waals surface area contributed by atoms with Crippen LogP contribution in [0.4, 0.5) is 0 Å². The number of rotatable bonds is 5. The van der Waals surface area contributed by atoms with Gasteiger partial charge >= 0.3 is 0 Å². The Hall–Kier alpha value is -2.39. The standard InChI is InChI=1S/C15H18N4O4S/c1-21-11-6-9(7-12(22-2)13(11)20)8-16-19-14(17-18-15(19)24)10-4-3-5-23-10/h6-8,10,20H,3-5H2,1-2H3,(H,18,24)/b16-8-. The number of aromatic hydroxyl groups is 1. The predicted molar refractivity (Wildman–Crippen MR) is 89.5 cm³/mol. The molecule has 2 aromatic rings. The summed E-state index contributed by atoms with van der Waals surface area (Å²) in [5, 5.41) is 21.3. The van der Waals surface area contributed by atoms with Gasteiger partial charge in [0.25, 0.3) is 0 Å². The van der Waals surface area contributed by atoms with Crippen LogP contribution in [0.2, 0.25) is 0 Å². The second-order valence-corrected chi connectivity index (χ2v) is 5.61. The molecule has 0 radical (unpaired) electrons. The monoisotopic (exact) mass is 350 g/mol. The van der Waals surface area contributed by atoms with E-state index < -0.39 is 0 Å². The van der Waals surface area contributed by atoms with Gasteiger partial charge in [-0.2, -0.15) is 14.9 Å². The number of aromatic amines is 1. The van der Waals surface area contributed by atoms with Gasteiger partial charge in [-0.05, 0) is 37.2 Å². The molecule has 1 saturated heterocycles. The lowest BCUT2D eigenvalue weighted by Gasteiger charge is -2.09. The minimum atomic E-state index is -0.112. The fraction of sp³-hybridized carbons (Fsp3) is 0.400. The first-order valence-electron chi connectivity index (χ1n) is 7.42. The summed E-state index contributed by atoms with van der Waals surface area (Å²) in [6.45, 7) is 0.709. The fourth-order valence-electron chi connectivity index (χ4n) is 2.52. The van der Waals surface area contributed by atoms with Crippen LogP contribution in [0.15, 0.2) is 17.2 Å². The van der Waals surface area contributed by atoms with Crippen LogP contribution in [0.25, 0.3) is 0 Å². The van der Waals surface area contributed by atoms with Crippen LogP contribution in [0, 0.1) is 4.77 Å². The fourth-order valence-corrected chi connectivity index (χ4v) is 2.70. The Bertz CT molecular complexity index is 783. The maximum Gasteiger partial charge on any atom is 0.216 e. The van der Waals surface area contributed by atoms with Gasteiger partial charge in [-0.3, -0.25) is 5.10 Å². The lowest BCUT2D eigenvalue weighted by atomic mass is 10.2. The van der Waals surface area contributed by atoms with Crippen LogP contribution >= 0.6 is 12.2 Å². The minimum Gasteiger partial charge on any atom is -0.502 e. The van der Waals surface area contributed by atoms with Crippen molar-refractivity contribution in [3.8, 4) is 17.2 Å². The summed E-state index contributed by atoms with van der Waals surface area (Å²) < 4.78 is 17.8. The number of benzene rings is 1. The first-order chi connectivity index (χ1) is 11.6. The van der Waals surface area contributed by atoms with E-state index in [1.54, 1.807) is 18.3 Å². The van der Waals surface area contributed by atoms with Crippen molar-refractivity contribution in [2.45, 2.75) is 18.9 Å². The minimum absolute atomic E-state index is 0.0582. The molecule has 3 rings (SSSR count). The SMILES string of the molecule is COc1cc(/C=N\n2c(C3CCCO3)n[nH]c2=S)cc(OC)c1O. The smallest absolute Gasteiger partial charge is 0.216 e. The highest BCUT2D eigenvalue weighted by molar-refractivity contribution is 7.71. The van der Waals surface area contributed by atoms with E-state index in [0.717, 1.165) is 12.8 Å². The average molecular weight is 350 g/mol. The van der Waals surface area contributed by atoms with E-state index in [1.165, 1.54) is 18.9 Å². The zero-order chi connectivity index (χ0) is 17.1. The van der Waals surface area contributed by atoms with Crippen molar-refractivity contribution in [1.82, 2.24) is 14.9 Å². The molecule has 0 spiro atoms. The maximum atomic E-state index is 9.95. The van der Waals surface area contributed by atoms with Crippen molar-refractivity contribution in [2.75, 3.05) is 20.8 Å². The Morgan fingerprint density at radius 2 is 2.12 bits per heavy atom. The zero-order valence-electron chi connectivity index (χ0n) is 13.4. The Morgan fingerprint density at radius 3 is 2.71 bits per heavy atom. The lowest BCUT2D eigenvalue weighted by Crippen LogP contribution is -2.05. The highest BCUT2D eigenvalue weighted by atomic mass is 32.1. The third-order valence-electron chi connectivity index (χ3n) is 3.72.